The molecule has 0 unspecified atom stereocenters. The van der Waals surface area contributed by atoms with Crippen LogP contribution in [-0.2, 0) is 32.6 Å². The number of nitrogens with one attached hydrogen (secondary N) is 1. The van der Waals surface area contributed by atoms with E-state index in [2.05, 4.69) is 5.32 Å². The average molecular weight is 556 g/mol. The number of nitrogens with zero attached hydrogens (tertiary/aromatic N) is 2. The molecule has 0 aromatic heterocycles. The van der Waals surface area contributed by atoms with Gasteiger partial charge in [0.2, 0.25) is 21.8 Å². The van der Waals surface area contributed by atoms with E-state index in [-0.39, 0.29) is 24.6 Å². The minimum atomic E-state index is -3.84. The van der Waals surface area contributed by atoms with Crippen LogP contribution in [0.4, 0.5) is 5.69 Å². The fourth-order valence-electron chi connectivity index (χ4n) is 4.17. The predicted molar refractivity (Wildman–Crippen MR) is 153 cm³/mol. The van der Waals surface area contributed by atoms with Gasteiger partial charge in [-0.1, -0.05) is 84.8 Å². The van der Waals surface area contributed by atoms with Gasteiger partial charge < -0.3 is 10.2 Å². The molecule has 202 valence electrons. The summed E-state index contributed by atoms with van der Waals surface area (Å²) in [6.45, 7) is 4.04. The fourth-order valence-corrected chi connectivity index (χ4v) is 5.20. The van der Waals surface area contributed by atoms with Crippen molar-refractivity contribution in [2.75, 3.05) is 23.7 Å². The van der Waals surface area contributed by atoms with Crippen molar-refractivity contribution < 1.29 is 18.0 Å². The first-order valence-corrected chi connectivity index (χ1v) is 14.7. The highest BCUT2D eigenvalue weighted by molar-refractivity contribution is 7.92. The van der Waals surface area contributed by atoms with Crippen LogP contribution in [0.2, 0.25) is 5.02 Å². The van der Waals surface area contributed by atoms with Crippen molar-refractivity contribution in [2.45, 2.75) is 39.3 Å². The number of carbonyl (C=O) groups excluding carboxylic acids is 2. The van der Waals surface area contributed by atoms with Crippen molar-refractivity contribution in [3.8, 4) is 0 Å². The summed E-state index contributed by atoms with van der Waals surface area (Å²) in [7, 11) is -3.84. The number of aryl methyl sites for hydroxylation is 1. The smallest absolute Gasteiger partial charge is 0.244 e. The zero-order chi connectivity index (χ0) is 27.7. The van der Waals surface area contributed by atoms with Gasteiger partial charge >= 0.3 is 0 Å². The molecule has 9 heteroatoms. The monoisotopic (exact) mass is 555 g/mol. The minimum absolute atomic E-state index is 0.144. The number of benzene rings is 3. The average Bonchev–Trinajstić information content (AvgIpc) is 2.87. The highest BCUT2D eigenvalue weighted by atomic mass is 35.5. The molecule has 3 aromatic carbocycles. The van der Waals surface area contributed by atoms with Crippen molar-refractivity contribution in [3.05, 3.63) is 101 Å². The van der Waals surface area contributed by atoms with E-state index in [9.17, 15) is 18.0 Å². The molecule has 3 rings (SSSR count). The first kappa shape index (κ1) is 29.2. The molecule has 0 radical (unpaired) electrons. The van der Waals surface area contributed by atoms with Crippen LogP contribution in [0.5, 0.6) is 0 Å². The molecule has 1 N–H and O–H groups in total. The highest BCUT2D eigenvalue weighted by Crippen LogP contribution is 2.23. The Hall–Kier alpha value is -3.36. The molecule has 0 heterocycles. The number of hydrogen-bond donors (Lipinski definition) is 1. The van der Waals surface area contributed by atoms with Crippen molar-refractivity contribution in [2.24, 2.45) is 0 Å². The zero-order valence-electron chi connectivity index (χ0n) is 21.9. The maximum Gasteiger partial charge on any atom is 0.244 e. The number of anilines is 1. The van der Waals surface area contributed by atoms with E-state index in [1.807, 2.05) is 68.4 Å². The largest absolute Gasteiger partial charge is 0.354 e. The fraction of sp³-hybridized carbons (Fsp3) is 0.310. The van der Waals surface area contributed by atoms with Crippen molar-refractivity contribution in [3.63, 3.8) is 0 Å². The predicted octanol–water partition coefficient (Wildman–Crippen LogP) is 4.58. The Bertz CT molecular complexity index is 1350. The molecule has 0 saturated carbocycles. The summed E-state index contributed by atoms with van der Waals surface area (Å²) in [4.78, 5) is 28.9. The van der Waals surface area contributed by atoms with Crippen LogP contribution in [0, 0.1) is 6.92 Å². The first-order valence-electron chi connectivity index (χ1n) is 12.5. The van der Waals surface area contributed by atoms with E-state index in [1.165, 1.54) is 11.0 Å². The van der Waals surface area contributed by atoms with Gasteiger partial charge in [-0.3, -0.25) is 13.9 Å². The Morgan fingerprint density at radius 1 is 0.947 bits per heavy atom. The molecule has 0 fully saturated rings. The number of amides is 2. The Morgan fingerprint density at radius 2 is 1.63 bits per heavy atom. The molecule has 2 amide bonds. The third-order valence-corrected chi connectivity index (χ3v) is 7.41. The molecule has 7 nitrogen and oxygen atoms in total. The summed E-state index contributed by atoms with van der Waals surface area (Å²) in [6.07, 6.45) is 2.07. The second-order valence-corrected chi connectivity index (χ2v) is 11.6. The number of carbonyl (C=O) groups is 2. The topological polar surface area (TPSA) is 86.8 Å². The lowest BCUT2D eigenvalue weighted by Gasteiger charge is -2.33. The van der Waals surface area contributed by atoms with E-state index in [0.717, 1.165) is 33.7 Å². The standard InChI is InChI=1S/C29H34ClN3O4S/c1-4-16-31-29(35)27(18-23-11-6-5-7-12-23)32(20-24-13-8-10-22(2)17-24)28(34)21-33(38(3,36)37)26-15-9-14-25(30)19-26/h5-15,17,19,27H,4,16,18,20-21H2,1-3H3,(H,31,35)/t27-/m1/s1. The molecule has 0 aliphatic carbocycles. The number of rotatable bonds is 12. The molecule has 1 atom stereocenters. The quantitative estimate of drug-likeness (QED) is 0.354. The van der Waals surface area contributed by atoms with Crippen LogP contribution in [-0.4, -0.2) is 50.5 Å². The van der Waals surface area contributed by atoms with Gasteiger partial charge in [-0.25, -0.2) is 8.42 Å². The van der Waals surface area contributed by atoms with Gasteiger partial charge in [0.1, 0.15) is 12.6 Å². The second kappa shape index (κ2) is 13.4. The Balaban J connectivity index is 2.04. The maximum absolute atomic E-state index is 14.0. The molecule has 38 heavy (non-hydrogen) atoms. The summed E-state index contributed by atoms with van der Waals surface area (Å²) < 4.78 is 26.6. The summed E-state index contributed by atoms with van der Waals surface area (Å²) in [5, 5.41) is 3.27. The summed E-state index contributed by atoms with van der Waals surface area (Å²) in [6, 6.07) is 22.6. The summed E-state index contributed by atoms with van der Waals surface area (Å²) in [5.41, 5.74) is 3.02. The SMILES string of the molecule is CCCNC(=O)[C@@H](Cc1ccccc1)N(Cc1cccc(C)c1)C(=O)CN(c1cccc(Cl)c1)S(C)(=O)=O. The molecular formula is C29H34ClN3O4S. The van der Waals surface area contributed by atoms with Gasteiger partial charge in [0.25, 0.3) is 0 Å². The van der Waals surface area contributed by atoms with E-state index in [1.54, 1.807) is 18.2 Å². The van der Waals surface area contributed by atoms with Crippen LogP contribution in [0.3, 0.4) is 0 Å². The summed E-state index contributed by atoms with van der Waals surface area (Å²) >= 11 is 6.12. The zero-order valence-corrected chi connectivity index (χ0v) is 23.5. The van der Waals surface area contributed by atoms with Crippen LogP contribution >= 0.6 is 11.6 Å². The lowest BCUT2D eigenvalue weighted by atomic mass is 10.0. The molecular weight excluding hydrogens is 522 g/mol. The van der Waals surface area contributed by atoms with E-state index in [0.29, 0.717) is 11.6 Å². The lowest BCUT2D eigenvalue weighted by Crippen LogP contribution is -2.53. The normalized spacial score (nSPS) is 12.0. The van der Waals surface area contributed by atoms with Crippen LogP contribution < -0.4 is 9.62 Å². The Kier molecular flexibility index (Phi) is 10.3. The van der Waals surface area contributed by atoms with Crippen LogP contribution in [0.1, 0.15) is 30.0 Å². The molecule has 0 saturated heterocycles. The van der Waals surface area contributed by atoms with Gasteiger partial charge in [-0.15, -0.1) is 0 Å². The summed E-state index contributed by atoms with van der Waals surface area (Å²) in [5.74, 6) is -0.783. The number of sulfonamides is 1. The number of hydrogen-bond acceptors (Lipinski definition) is 4. The third-order valence-electron chi connectivity index (χ3n) is 6.03. The highest BCUT2D eigenvalue weighted by Gasteiger charge is 2.33. The van der Waals surface area contributed by atoms with Gasteiger partial charge in [0.05, 0.1) is 11.9 Å². The minimum Gasteiger partial charge on any atom is -0.354 e. The van der Waals surface area contributed by atoms with Crippen molar-refractivity contribution in [1.82, 2.24) is 10.2 Å². The van der Waals surface area contributed by atoms with Crippen molar-refractivity contribution >= 4 is 39.1 Å². The van der Waals surface area contributed by atoms with Gasteiger partial charge in [0.15, 0.2) is 0 Å². The maximum atomic E-state index is 14.0. The van der Waals surface area contributed by atoms with Crippen LogP contribution in [0.25, 0.3) is 0 Å². The van der Waals surface area contributed by atoms with Gasteiger partial charge in [0, 0.05) is 24.5 Å². The molecule has 0 aliphatic rings. The number of halogens is 1. The first-order chi connectivity index (χ1) is 18.1. The molecule has 0 bridgehead atoms. The van der Waals surface area contributed by atoms with Crippen molar-refractivity contribution in [1.29, 1.82) is 0 Å². The second-order valence-electron chi connectivity index (χ2n) is 9.26. The molecule has 0 aliphatic heterocycles. The van der Waals surface area contributed by atoms with E-state index in [4.69, 9.17) is 11.6 Å². The lowest BCUT2D eigenvalue weighted by molar-refractivity contribution is -0.140. The van der Waals surface area contributed by atoms with E-state index >= 15 is 0 Å². The Morgan fingerprint density at radius 3 is 2.26 bits per heavy atom. The van der Waals surface area contributed by atoms with E-state index < -0.39 is 28.5 Å². The third kappa shape index (κ3) is 8.33. The van der Waals surface area contributed by atoms with Gasteiger partial charge in [-0.2, -0.15) is 0 Å². The van der Waals surface area contributed by atoms with Gasteiger partial charge in [-0.05, 0) is 42.7 Å². The Labute approximate surface area is 230 Å². The molecule has 0 spiro atoms. The van der Waals surface area contributed by atoms with Crippen LogP contribution in [0.15, 0.2) is 78.9 Å². The molecule has 3 aromatic rings.